The fourth-order valence-corrected chi connectivity index (χ4v) is 4.30. The minimum absolute atomic E-state index is 0.00435. The lowest BCUT2D eigenvalue weighted by atomic mass is 10.0. The maximum atomic E-state index is 13.0. The Morgan fingerprint density at radius 1 is 1.09 bits per heavy atom. The number of hydrogen-bond acceptors (Lipinski definition) is 6. The van der Waals surface area contributed by atoms with Crippen molar-refractivity contribution in [3.63, 3.8) is 0 Å². The number of anilines is 1. The van der Waals surface area contributed by atoms with Crippen molar-refractivity contribution in [2.45, 2.75) is 13.3 Å². The smallest absolute Gasteiger partial charge is 0.340 e. The highest BCUT2D eigenvalue weighted by Crippen LogP contribution is 2.36. The first-order chi connectivity index (χ1) is 15.4. The van der Waals surface area contributed by atoms with E-state index in [0.29, 0.717) is 59.4 Å². The first kappa shape index (κ1) is 22.0. The van der Waals surface area contributed by atoms with E-state index >= 15 is 0 Å². The van der Waals surface area contributed by atoms with Gasteiger partial charge in [0.15, 0.2) is 11.3 Å². The van der Waals surface area contributed by atoms with E-state index in [1.54, 1.807) is 11.0 Å². The number of carbonyl (C=O) groups is 1. The summed E-state index contributed by atoms with van der Waals surface area (Å²) in [6.45, 7) is 4.39. The molecule has 32 heavy (non-hydrogen) atoms. The maximum Gasteiger partial charge on any atom is 0.340 e. The van der Waals surface area contributed by atoms with Crippen LogP contribution < -0.4 is 20.0 Å². The molecule has 4 rings (SSSR count). The zero-order valence-electron chi connectivity index (χ0n) is 18.3. The summed E-state index contributed by atoms with van der Waals surface area (Å²) in [5.74, 6) is 0.745. The number of benzene rings is 2. The second-order valence-corrected chi connectivity index (χ2v) is 8.13. The van der Waals surface area contributed by atoms with E-state index in [1.807, 2.05) is 37.3 Å². The first-order valence-electron chi connectivity index (χ1n) is 10.4. The summed E-state index contributed by atoms with van der Waals surface area (Å²) in [6, 6.07) is 11.3. The lowest BCUT2D eigenvalue weighted by molar-refractivity contribution is -0.130. The van der Waals surface area contributed by atoms with Gasteiger partial charge >= 0.3 is 5.63 Å². The van der Waals surface area contributed by atoms with Gasteiger partial charge < -0.3 is 23.7 Å². The van der Waals surface area contributed by atoms with Crippen LogP contribution >= 0.6 is 11.6 Å². The topological polar surface area (TPSA) is 72.2 Å². The van der Waals surface area contributed by atoms with Crippen LogP contribution in [0.4, 0.5) is 5.69 Å². The molecule has 0 aliphatic carbocycles. The molecule has 3 aromatic rings. The maximum absolute atomic E-state index is 13.0. The minimum Gasteiger partial charge on any atom is -0.493 e. The molecular weight excluding hydrogens is 432 g/mol. The summed E-state index contributed by atoms with van der Waals surface area (Å²) in [6.07, 6.45) is -0.00435. The zero-order chi connectivity index (χ0) is 22.8. The average Bonchev–Trinajstić information content (AvgIpc) is 2.81. The number of piperazine rings is 1. The number of halogens is 1. The predicted octanol–water partition coefficient (Wildman–Crippen LogP) is 3.66. The third-order valence-corrected chi connectivity index (χ3v) is 6.17. The molecule has 8 heteroatoms. The van der Waals surface area contributed by atoms with Gasteiger partial charge in [0, 0.05) is 42.3 Å². The Balaban J connectivity index is 1.52. The number of carbonyl (C=O) groups excluding carboxylic acids is 1. The van der Waals surface area contributed by atoms with Crippen molar-refractivity contribution in [2.75, 3.05) is 45.3 Å². The van der Waals surface area contributed by atoms with Gasteiger partial charge in [-0.05, 0) is 42.8 Å². The lowest BCUT2D eigenvalue weighted by Gasteiger charge is -2.36. The van der Waals surface area contributed by atoms with Crippen LogP contribution in [-0.2, 0) is 11.2 Å². The van der Waals surface area contributed by atoms with E-state index in [2.05, 4.69) is 4.90 Å². The van der Waals surface area contributed by atoms with Crippen molar-refractivity contribution in [3.05, 3.63) is 63.0 Å². The molecule has 7 nitrogen and oxygen atoms in total. The van der Waals surface area contributed by atoms with Gasteiger partial charge in [-0.2, -0.15) is 0 Å². The SMILES string of the molecule is COc1ccc2c(C)c(CC(=O)N3CCN(c4cccc(Cl)c4)CC3)c(=O)oc2c1OC. The van der Waals surface area contributed by atoms with Gasteiger partial charge in [-0.25, -0.2) is 4.79 Å². The number of ether oxygens (including phenoxy) is 2. The molecule has 1 aliphatic heterocycles. The van der Waals surface area contributed by atoms with Crippen LogP contribution in [0.1, 0.15) is 11.1 Å². The molecule has 0 unspecified atom stereocenters. The highest BCUT2D eigenvalue weighted by atomic mass is 35.5. The number of nitrogens with zero attached hydrogens (tertiary/aromatic N) is 2. The van der Waals surface area contributed by atoms with Crippen molar-refractivity contribution in [1.82, 2.24) is 4.90 Å². The van der Waals surface area contributed by atoms with Gasteiger partial charge in [-0.3, -0.25) is 4.79 Å². The van der Waals surface area contributed by atoms with Crippen LogP contribution in [0.25, 0.3) is 11.0 Å². The molecule has 0 atom stereocenters. The van der Waals surface area contributed by atoms with Crippen molar-refractivity contribution in [2.24, 2.45) is 0 Å². The number of amides is 1. The second-order valence-electron chi connectivity index (χ2n) is 7.70. The highest BCUT2D eigenvalue weighted by Gasteiger charge is 2.25. The number of rotatable bonds is 5. The van der Waals surface area contributed by atoms with Crippen LogP contribution in [0.5, 0.6) is 11.5 Å². The van der Waals surface area contributed by atoms with E-state index in [4.69, 9.17) is 25.5 Å². The van der Waals surface area contributed by atoms with Crippen LogP contribution in [-0.4, -0.2) is 51.2 Å². The molecule has 0 bridgehead atoms. The third kappa shape index (κ3) is 4.12. The highest BCUT2D eigenvalue weighted by molar-refractivity contribution is 6.30. The minimum atomic E-state index is -0.535. The van der Waals surface area contributed by atoms with Crippen molar-refractivity contribution in [3.8, 4) is 11.5 Å². The Bertz CT molecular complexity index is 1210. The van der Waals surface area contributed by atoms with Crippen molar-refractivity contribution >= 4 is 34.2 Å². The number of fused-ring (bicyclic) bond motifs is 1. The normalized spacial score (nSPS) is 14.0. The Morgan fingerprint density at radius 2 is 1.84 bits per heavy atom. The Labute approximate surface area is 191 Å². The van der Waals surface area contributed by atoms with E-state index in [9.17, 15) is 9.59 Å². The molecule has 1 fully saturated rings. The lowest BCUT2D eigenvalue weighted by Crippen LogP contribution is -2.49. The first-order valence-corrected chi connectivity index (χ1v) is 10.8. The molecule has 2 heterocycles. The van der Waals surface area contributed by atoms with E-state index < -0.39 is 5.63 Å². The summed E-state index contributed by atoms with van der Waals surface area (Å²) < 4.78 is 16.2. The van der Waals surface area contributed by atoms with Gasteiger partial charge in [0.1, 0.15) is 0 Å². The summed E-state index contributed by atoms with van der Waals surface area (Å²) >= 11 is 6.10. The Hall–Kier alpha value is -3.19. The van der Waals surface area contributed by atoms with Gasteiger partial charge in [0.25, 0.3) is 0 Å². The largest absolute Gasteiger partial charge is 0.493 e. The monoisotopic (exact) mass is 456 g/mol. The fourth-order valence-electron chi connectivity index (χ4n) is 4.12. The van der Waals surface area contributed by atoms with E-state index in [1.165, 1.54) is 14.2 Å². The molecule has 0 N–H and O–H groups in total. The summed E-state index contributed by atoms with van der Waals surface area (Å²) in [4.78, 5) is 29.7. The molecule has 168 valence electrons. The molecule has 0 saturated carbocycles. The quantitative estimate of drug-likeness (QED) is 0.545. The summed E-state index contributed by atoms with van der Waals surface area (Å²) in [7, 11) is 3.01. The van der Waals surface area contributed by atoms with Gasteiger partial charge in [0.2, 0.25) is 11.7 Å². The van der Waals surface area contributed by atoms with Gasteiger partial charge in [0.05, 0.1) is 26.2 Å². The molecule has 0 spiro atoms. The Morgan fingerprint density at radius 3 is 2.50 bits per heavy atom. The molecule has 2 aromatic carbocycles. The predicted molar refractivity (Wildman–Crippen MR) is 124 cm³/mol. The number of methoxy groups -OCH3 is 2. The number of aryl methyl sites for hydroxylation is 1. The van der Waals surface area contributed by atoms with Crippen molar-refractivity contribution < 1.29 is 18.7 Å². The molecular formula is C24H25ClN2O5. The van der Waals surface area contributed by atoms with Crippen LogP contribution in [0.2, 0.25) is 5.02 Å². The van der Waals surface area contributed by atoms with Crippen LogP contribution in [0, 0.1) is 6.92 Å². The number of hydrogen-bond donors (Lipinski definition) is 0. The van der Waals surface area contributed by atoms with E-state index in [-0.39, 0.29) is 12.3 Å². The fraction of sp³-hybridized carbons (Fsp3) is 0.333. The second kappa shape index (κ2) is 9.12. The van der Waals surface area contributed by atoms with Crippen molar-refractivity contribution in [1.29, 1.82) is 0 Å². The average molecular weight is 457 g/mol. The van der Waals surface area contributed by atoms with Gasteiger partial charge in [-0.15, -0.1) is 0 Å². The van der Waals surface area contributed by atoms with Gasteiger partial charge in [-0.1, -0.05) is 17.7 Å². The summed E-state index contributed by atoms with van der Waals surface area (Å²) in [5, 5.41) is 1.41. The zero-order valence-corrected chi connectivity index (χ0v) is 19.1. The molecule has 0 radical (unpaired) electrons. The molecule has 1 aromatic heterocycles. The molecule has 1 amide bonds. The van der Waals surface area contributed by atoms with E-state index in [0.717, 1.165) is 11.1 Å². The Kier molecular flexibility index (Phi) is 6.28. The molecule has 1 aliphatic rings. The van der Waals surface area contributed by atoms with Crippen LogP contribution in [0.15, 0.2) is 45.6 Å². The summed E-state index contributed by atoms with van der Waals surface area (Å²) in [5.41, 5.74) is 1.91. The third-order valence-electron chi connectivity index (χ3n) is 5.93. The standard InChI is InChI=1S/C24H25ClN2O5/c1-15-18-7-8-20(30-2)23(31-3)22(18)32-24(29)19(15)14-21(28)27-11-9-26(10-12-27)17-6-4-5-16(25)13-17/h4-8,13H,9-12,14H2,1-3H3. The van der Waals surface area contributed by atoms with Crippen LogP contribution in [0.3, 0.4) is 0 Å². The molecule has 1 saturated heterocycles.